The van der Waals surface area contributed by atoms with Crippen molar-refractivity contribution in [3.8, 4) is 11.5 Å². The van der Waals surface area contributed by atoms with Crippen LogP contribution in [0.5, 0.6) is 0 Å². The number of carbonyl (C=O) groups is 1. The van der Waals surface area contributed by atoms with Crippen LogP contribution in [0.1, 0.15) is 10.4 Å². The summed E-state index contributed by atoms with van der Waals surface area (Å²) in [5.41, 5.74) is 0.745. The maximum atomic E-state index is 11.0. The van der Waals surface area contributed by atoms with E-state index in [2.05, 4.69) is 10.2 Å². The number of nitrogens with zero attached hydrogens (tertiary/aromatic N) is 3. The van der Waals surface area contributed by atoms with Gasteiger partial charge in [-0.1, -0.05) is 0 Å². The predicted molar refractivity (Wildman–Crippen MR) is 65.3 cm³/mol. The standard InChI is InChI=1S/C12H7N3O4/c16-12(17)7-3-4-9-13-10(8-2-1-5-19-8)11(14-18)15(9)6-7/h1-6H,(H,16,17). The van der Waals surface area contributed by atoms with Crippen molar-refractivity contribution < 1.29 is 14.3 Å². The molecule has 0 fully saturated rings. The lowest BCUT2D eigenvalue weighted by molar-refractivity contribution is 0.0696. The average molecular weight is 257 g/mol. The van der Waals surface area contributed by atoms with E-state index in [9.17, 15) is 9.70 Å². The van der Waals surface area contributed by atoms with Crippen LogP contribution < -0.4 is 0 Å². The van der Waals surface area contributed by atoms with E-state index in [1.54, 1.807) is 12.1 Å². The van der Waals surface area contributed by atoms with Gasteiger partial charge in [-0.25, -0.2) is 9.78 Å². The molecule has 0 spiro atoms. The molecule has 3 aromatic rings. The normalized spacial score (nSPS) is 10.7. The number of aromatic nitrogens is 2. The molecular formula is C12H7N3O4. The van der Waals surface area contributed by atoms with E-state index in [0.717, 1.165) is 0 Å². The summed E-state index contributed by atoms with van der Waals surface area (Å²) in [6, 6.07) is 6.22. The minimum Gasteiger partial charge on any atom is -0.478 e. The molecule has 0 bridgehead atoms. The van der Waals surface area contributed by atoms with E-state index < -0.39 is 5.97 Å². The first-order chi connectivity index (χ1) is 9.20. The minimum absolute atomic E-state index is 0.00745. The molecule has 0 amide bonds. The van der Waals surface area contributed by atoms with Gasteiger partial charge in [0.15, 0.2) is 11.5 Å². The Balaban J connectivity index is 2.31. The molecular weight excluding hydrogens is 250 g/mol. The molecule has 0 saturated heterocycles. The molecule has 0 aromatic carbocycles. The lowest BCUT2D eigenvalue weighted by atomic mass is 10.3. The van der Waals surface area contributed by atoms with E-state index in [-0.39, 0.29) is 17.1 Å². The van der Waals surface area contributed by atoms with Crippen molar-refractivity contribution in [2.45, 2.75) is 0 Å². The molecule has 7 heteroatoms. The first kappa shape index (κ1) is 11.1. The number of hydrogen-bond acceptors (Lipinski definition) is 5. The predicted octanol–water partition coefficient (Wildman–Crippen LogP) is 2.69. The van der Waals surface area contributed by atoms with Crippen LogP contribution in [-0.2, 0) is 0 Å². The Kier molecular flexibility index (Phi) is 2.38. The minimum atomic E-state index is -1.09. The van der Waals surface area contributed by atoms with Gasteiger partial charge in [-0.3, -0.25) is 4.40 Å². The number of hydrogen-bond donors (Lipinski definition) is 1. The van der Waals surface area contributed by atoms with E-state index >= 15 is 0 Å². The first-order valence-corrected chi connectivity index (χ1v) is 5.33. The van der Waals surface area contributed by atoms with E-state index in [1.165, 1.54) is 29.0 Å². The smallest absolute Gasteiger partial charge is 0.337 e. The summed E-state index contributed by atoms with van der Waals surface area (Å²) >= 11 is 0. The van der Waals surface area contributed by atoms with Crippen LogP contribution in [0.15, 0.2) is 46.3 Å². The molecule has 7 nitrogen and oxygen atoms in total. The zero-order valence-electron chi connectivity index (χ0n) is 9.48. The maximum Gasteiger partial charge on any atom is 0.337 e. The van der Waals surface area contributed by atoms with Crippen LogP contribution in [0.2, 0.25) is 0 Å². The Morgan fingerprint density at radius 1 is 1.37 bits per heavy atom. The Bertz CT molecular complexity index is 774. The highest BCUT2D eigenvalue weighted by molar-refractivity contribution is 5.88. The van der Waals surface area contributed by atoms with Crippen molar-refractivity contribution in [3.63, 3.8) is 0 Å². The van der Waals surface area contributed by atoms with Gasteiger partial charge in [-0.2, -0.15) is 0 Å². The summed E-state index contributed by atoms with van der Waals surface area (Å²) < 4.78 is 6.51. The highest BCUT2D eigenvalue weighted by atomic mass is 16.4. The number of carboxylic acid groups (broad SMARTS) is 1. The quantitative estimate of drug-likeness (QED) is 0.727. The molecule has 0 aliphatic heterocycles. The van der Waals surface area contributed by atoms with Crippen LogP contribution >= 0.6 is 0 Å². The summed E-state index contributed by atoms with van der Waals surface area (Å²) in [7, 11) is 0. The lowest BCUT2D eigenvalue weighted by Crippen LogP contribution is -1.98. The molecule has 94 valence electrons. The summed E-state index contributed by atoms with van der Waals surface area (Å²) in [6.07, 6.45) is 2.75. The molecule has 0 atom stereocenters. The molecule has 0 unspecified atom stereocenters. The van der Waals surface area contributed by atoms with Crippen molar-refractivity contribution in [2.75, 3.05) is 0 Å². The third-order valence-corrected chi connectivity index (χ3v) is 2.68. The summed E-state index contributed by atoms with van der Waals surface area (Å²) in [5.74, 6) is -0.685. The van der Waals surface area contributed by atoms with Gasteiger partial charge in [0.1, 0.15) is 5.65 Å². The van der Waals surface area contributed by atoms with Crippen molar-refractivity contribution in [2.24, 2.45) is 5.18 Å². The summed E-state index contributed by atoms with van der Waals surface area (Å²) in [4.78, 5) is 26.1. The van der Waals surface area contributed by atoms with Gasteiger partial charge in [0.2, 0.25) is 5.82 Å². The number of nitroso groups, excluding NO2 is 1. The number of furan rings is 1. The molecule has 19 heavy (non-hydrogen) atoms. The van der Waals surface area contributed by atoms with Gasteiger partial charge in [-0.05, 0) is 29.4 Å². The molecule has 0 aliphatic carbocycles. The molecule has 1 N–H and O–H groups in total. The Morgan fingerprint density at radius 2 is 2.21 bits per heavy atom. The van der Waals surface area contributed by atoms with Gasteiger partial charge in [-0.15, -0.1) is 4.91 Å². The highest BCUT2D eigenvalue weighted by Crippen LogP contribution is 2.31. The fourth-order valence-corrected chi connectivity index (χ4v) is 1.82. The molecule has 3 heterocycles. The lowest BCUT2D eigenvalue weighted by Gasteiger charge is -1.97. The summed E-state index contributed by atoms with van der Waals surface area (Å²) in [5, 5.41) is 11.9. The number of rotatable bonds is 3. The van der Waals surface area contributed by atoms with Crippen molar-refractivity contribution in [3.05, 3.63) is 47.2 Å². The monoisotopic (exact) mass is 257 g/mol. The zero-order chi connectivity index (χ0) is 13.4. The third-order valence-electron chi connectivity index (χ3n) is 2.68. The second-order valence-corrected chi connectivity index (χ2v) is 3.80. The van der Waals surface area contributed by atoms with Crippen LogP contribution in [0.3, 0.4) is 0 Å². The number of aromatic carboxylic acids is 1. The largest absolute Gasteiger partial charge is 0.478 e. The van der Waals surface area contributed by atoms with Crippen LogP contribution in [0.25, 0.3) is 17.1 Å². The number of carboxylic acids is 1. The third kappa shape index (κ3) is 1.68. The Labute approximate surface area is 106 Å². The Morgan fingerprint density at radius 3 is 2.84 bits per heavy atom. The van der Waals surface area contributed by atoms with Crippen molar-refractivity contribution in [1.29, 1.82) is 0 Å². The van der Waals surface area contributed by atoms with Crippen molar-refractivity contribution in [1.82, 2.24) is 9.38 Å². The van der Waals surface area contributed by atoms with Gasteiger partial charge in [0.25, 0.3) is 0 Å². The molecule has 0 radical (unpaired) electrons. The summed E-state index contributed by atoms with van der Waals surface area (Å²) in [6.45, 7) is 0. The SMILES string of the molecule is O=Nc1c(-c2ccco2)nc2ccc(C(=O)O)cn12. The van der Waals surface area contributed by atoms with E-state index in [0.29, 0.717) is 11.4 Å². The van der Waals surface area contributed by atoms with E-state index in [1.807, 2.05) is 0 Å². The fourth-order valence-electron chi connectivity index (χ4n) is 1.82. The molecule has 0 aliphatic rings. The highest BCUT2D eigenvalue weighted by Gasteiger charge is 2.18. The average Bonchev–Trinajstić information content (AvgIpc) is 3.04. The van der Waals surface area contributed by atoms with Crippen molar-refractivity contribution >= 4 is 17.4 Å². The number of fused-ring (bicyclic) bond motifs is 1. The topological polar surface area (TPSA) is 97.2 Å². The molecule has 0 saturated carbocycles. The fraction of sp³-hybridized carbons (Fsp3) is 0. The van der Waals surface area contributed by atoms with Gasteiger partial charge >= 0.3 is 5.97 Å². The molecule has 3 rings (SSSR count). The van der Waals surface area contributed by atoms with Gasteiger partial charge in [0.05, 0.1) is 11.8 Å². The second kappa shape index (κ2) is 4.05. The Hall–Kier alpha value is -2.96. The zero-order valence-corrected chi connectivity index (χ0v) is 9.48. The van der Waals surface area contributed by atoms with Gasteiger partial charge < -0.3 is 9.52 Å². The maximum absolute atomic E-state index is 11.0. The number of pyridine rings is 1. The second-order valence-electron chi connectivity index (χ2n) is 3.80. The van der Waals surface area contributed by atoms with Gasteiger partial charge in [0, 0.05) is 6.20 Å². The number of imidazole rings is 1. The van der Waals surface area contributed by atoms with Crippen LogP contribution in [0, 0.1) is 4.91 Å². The van der Waals surface area contributed by atoms with Crippen LogP contribution in [0.4, 0.5) is 5.82 Å². The van der Waals surface area contributed by atoms with Crippen LogP contribution in [-0.4, -0.2) is 20.5 Å². The first-order valence-electron chi connectivity index (χ1n) is 5.33. The molecule has 3 aromatic heterocycles. The van der Waals surface area contributed by atoms with E-state index in [4.69, 9.17) is 9.52 Å².